The minimum atomic E-state index is -4.44. The molecule has 0 atom stereocenters. The molecule has 4 aromatic rings. The maximum absolute atomic E-state index is 15.5. The van der Waals surface area contributed by atoms with Gasteiger partial charge >= 0.3 is 0 Å². The van der Waals surface area contributed by atoms with Gasteiger partial charge in [0.1, 0.15) is 11.2 Å². The zero-order valence-corrected chi connectivity index (χ0v) is 20.9. The topological polar surface area (TPSA) is 149 Å². The maximum Gasteiger partial charge on any atom is 0.274 e. The number of hydrogen-bond acceptors (Lipinski definition) is 7. The number of H-pyrrole nitrogens is 1. The van der Waals surface area contributed by atoms with Crippen molar-refractivity contribution >= 4 is 38.2 Å². The number of nitrogens with zero attached hydrogens (tertiary/aromatic N) is 2. The second kappa shape index (κ2) is 8.91. The molecule has 0 spiro atoms. The summed E-state index contributed by atoms with van der Waals surface area (Å²) in [5.41, 5.74) is 1.18. The first-order valence-electron chi connectivity index (χ1n) is 10.4. The van der Waals surface area contributed by atoms with Crippen LogP contribution in [-0.4, -0.2) is 35.4 Å². The van der Waals surface area contributed by atoms with Gasteiger partial charge in [-0.1, -0.05) is 0 Å². The fourth-order valence-corrected chi connectivity index (χ4v) is 5.58. The molecule has 0 saturated heterocycles. The third-order valence-electron chi connectivity index (χ3n) is 5.31. The number of carbonyl (C=O) groups excluding carboxylic acids is 1. The number of nitrogens with two attached hydrogens (primary N) is 1. The van der Waals surface area contributed by atoms with Crippen LogP contribution in [-0.2, 0) is 17.1 Å². The number of pyridine rings is 2. The highest BCUT2D eigenvalue weighted by Gasteiger charge is 2.30. The number of nitrogens with one attached hydrogen (secondary N) is 2. The SMILES string of the molecule is CCNC(=O)c1cc2c(-c3sc(S(N)(=O)=O)c(F)c3Oc3c(C)ccnc3C)cn(C)c(=O)c2[nH]1. The molecule has 13 heteroatoms. The van der Waals surface area contributed by atoms with Gasteiger partial charge in [-0.05, 0) is 38.5 Å². The van der Waals surface area contributed by atoms with Crippen molar-refractivity contribution in [3.05, 3.63) is 57.6 Å². The van der Waals surface area contributed by atoms with E-state index in [0.29, 0.717) is 34.5 Å². The molecule has 0 saturated carbocycles. The summed E-state index contributed by atoms with van der Waals surface area (Å²) < 4.78 is 46.3. The van der Waals surface area contributed by atoms with Gasteiger partial charge in [-0.15, -0.1) is 11.3 Å². The molecule has 0 unspecified atom stereocenters. The molecule has 184 valence electrons. The van der Waals surface area contributed by atoms with Gasteiger partial charge in [0.2, 0.25) is 0 Å². The fourth-order valence-electron chi connectivity index (χ4n) is 3.66. The van der Waals surface area contributed by atoms with Gasteiger partial charge in [0.05, 0.1) is 10.6 Å². The van der Waals surface area contributed by atoms with E-state index in [-0.39, 0.29) is 33.2 Å². The number of aryl methyl sites for hydroxylation is 3. The number of aromatic amines is 1. The predicted molar refractivity (Wildman–Crippen MR) is 130 cm³/mol. The largest absolute Gasteiger partial charge is 0.450 e. The van der Waals surface area contributed by atoms with Crippen molar-refractivity contribution in [1.29, 1.82) is 0 Å². The molecule has 4 N–H and O–H groups in total. The fraction of sp³-hybridized carbons (Fsp3) is 0.227. The van der Waals surface area contributed by atoms with Crippen molar-refractivity contribution in [2.75, 3.05) is 6.54 Å². The lowest BCUT2D eigenvalue weighted by Crippen LogP contribution is -2.23. The normalized spacial score (nSPS) is 11.7. The Labute approximate surface area is 203 Å². The van der Waals surface area contributed by atoms with Crippen molar-refractivity contribution in [3.63, 3.8) is 0 Å². The van der Waals surface area contributed by atoms with Gasteiger partial charge in [-0.2, -0.15) is 0 Å². The molecule has 4 heterocycles. The van der Waals surface area contributed by atoms with Crippen LogP contribution in [0.3, 0.4) is 0 Å². The Morgan fingerprint density at radius 1 is 1.34 bits per heavy atom. The summed E-state index contributed by atoms with van der Waals surface area (Å²) in [5, 5.41) is 8.21. The van der Waals surface area contributed by atoms with Crippen LogP contribution in [0.25, 0.3) is 21.3 Å². The molecule has 1 amide bonds. The minimum Gasteiger partial charge on any atom is -0.450 e. The molecule has 0 aliphatic heterocycles. The number of primary sulfonamides is 1. The number of fused-ring (bicyclic) bond motifs is 1. The number of carbonyl (C=O) groups is 1. The molecule has 0 aliphatic carbocycles. The van der Waals surface area contributed by atoms with Gasteiger partial charge in [-0.25, -0.2) is 17.9 Å². The summed E-state index contributed by atoms with van der Waals surface area (Å²) >= 11 is 0.571. The molecule has 0 bridgehead atoms. The zero-order chi connectivity index (χ0) is 25.7. The number of ether oxygens (including phenoxy) is 1. The molecule has 10 nitrogen and oxygen atoms in total. The number of thiophene rings is 1. The van der Waals surface area contributed by atoms with E-state index in [1.165, 1.54) is 23.9 Å². The summed E-state index contributed by atoms with van der Waals surface area (Å²) in [6.07, 6.45) is 2.99. The van der Waals surface area contributed by atoms with Crippen LogP contribution in [0.1, 0.15) is 28.7 Å². The standard InChI is InChI=1S/C22H22FN5O5S2/c1-5-25-20(29)14-8-12-13(9-28(4)21(30)16(12)27-14)19-18(15(23)22(34-19)35(24,31)32)33-17-10(2)6-7-26-11(17)3/h6-9,27H,5H2,1-4H3,(H,25,29)(H2,24,31,32). The van der Waals surface area contributed by atoms with Gasteiger partial charge in [0.25, 0.3) is 21.5 Å². The molecule has 0 aromatic carbocycles. The summed E-state index contributed by atoms with van der Waals surface area (Å²) in [7, 11) is -2.95. The predicted octanol–water partition coefficient (Wildman–Crippen LogP) is 2.94. The first-order chi connectivity index (χ1) is 16.4. The zero-order valence-electron chi connectivity index (χ0n) is 19.2. The second-order valence-corrected chi connectivity index (χ2v) is 10.6. The van der Waals surface area contributed by atoms with Crippen molar-refractivity contribution < 1.29 is 22.3 Å². The third kappa shape index (κ3) is 4.33. The minimum absolute atomic E-state index is 0.0798. The summed E-state index contributed by atoms with van der Waals surface area (Å²) in [5.74, 6) is -1.71. The van der Waals surface area contributed by atoms with Gasteiger partial charge in [0.15, 0.2) is 21.5 Å². The molecule has 4 aromatic heterocycles. The van der Waals surface area contributed by atoms with E-state index < -0.39 is 31.5 Å². The average Bonchev–Trinajstić information content (AvgIpc) is 3.36. The van der Waals surface area contributed by atoms with Crippen LogP contribution in [0.5, 0.6) is 11.5 Å². The Kier molecular flexibility index (Phi) is 6.25. The Morgan fingerprint density at radius 2 is 2.06 bits per heavy atom. The van der Waals surface area contributed by atoms with Gasteiger partial charge in [-0.3, -0.25) is 14.6 Å². The molecule has 4 rings (SSSR count). The summed E-state index contributed by atoms with van der Waals surface area (Å²) in [6.45, 7) is 5.53. The van der Waals surface area contributed by atoms with Gasteiger partial charge < -0.3 is 19.6 Å². The molecule has 0 aliphatic rings. The third-order valence-corrected chi connectivity index (χ3v) is 7.93. The molecule has 35 heavy (non-hydrogen) atoms. The number of aromatic nitrogens is 3. The highest BCUT2D eigenvalue weighted by molar-refractivity contribution is 7.91. The maximum atomic E-state index is 15.5. The second-order valence-electron chi connectivity index (χ2n) is 7.84. The van der Waals surface area contributed by atoms with Crippen LogP contribution < -0.4 is 20.8 Å². The lowest BCUT2D eigenvalue weighted by molar-refractivity contribution is 0.0951. The molecule has 0 radical (unpaired) electrons. The monoisotopic (exact) mass is 519 g/mol. The number of amides is 1. The lowest BCUT2D eigenvalue weighted by Gasteiger charge is -2.12. The smallest absolute Gasteiger partial charge is 0.274 e. The van der Waals surface area contributed by atoms with Crippen molar-refractivity contribution in [2.45, 2.75) is 25.0 Å². The Balaban J connectivity index is 2.04. The van der Waals surface area contributed by atoms with Crippen LogP contribution in [0.2, 0.25) is 0 Å². The lowest BCUT2D eigenvalue weighted by atomic mass is 10.1. The van der Waals surface area contributed by atoms with E-state index in [1.807, 2.05) is 0 Å². The molecular formula is C22H22FN5O5S2. The Bertz CT molecular complexity index is 1630. The number of sulfonamides is 1. The first kappa shape index (κ1) is 24.6. The Hall–Kier alpha value is -3.55. The average molecular weight is 520 g/mol. The highest BCUT2D eigenvalue weighted by Crippen LogP contribution is 2.47. The van der Waals surface area contributed by atoms with E-state index in [1.54, 1.807) is 33.0 Å². The van der Waals surface area contributed by atoms with E-state index in [0.717, 1.165) is 0 Å². The number of rotatable bonds is 6. The molecular weight excluding hydrogens is 497 g/mol. The quantitative estimate of drug-likeness (QED) is 0.357. The van der Waals surface area contributed by atoms with Gasteiger partial charge in [0, 0.05) is 36.9 Å². The van der Waals surface area contributed by atoms with E-state index in [9.17, 15) is 18.0 Å². The van der Waals surface area contributed by atoms with Crippen LogP contribution in [0.4, 0.5) is 4.39 Å². The summed E-state index contributed by atoms with van der Waals surface area (Å²) in [6, 6.07) is 3.12. The van der Waals surface area contributed by atoms with Crippen molar-refractivity contribution in [3.8, 4) is 21.9 Å². The van der Waals surface area contributed by atoms with E-state index in [2.05, 4.69) is 15.3 Å². The molecule has 0 fully saturated rings. The van der Waals surface area contributed by atoms with Crippen LogP contribution >= 0.6 is 11.3 Å². The highest BCUT2D eigenvalue weighted by atomic mass is 32.2. The first-order valence-corrected chi connectivity index (χ1v) is 12.8. The number of halogens is 1. The van der Waals surface area contributed by atoms with Crippen LogP contribution in [0, 0.1) is 19.7 Å². The van der Waals surface area contributed by atoms with E-state index >= 15 is 4.39 Å². The van der Waals surface area contributed by atoms with Crippen molar-refractivity contribution in [2.24, 2.45) is 12.2 Å². The summed E-state index contributed by atoms with van der Waals surface area (Å²) in [4.78, 5) is 32.2. The van der Waals surface area contributed by atoms with Crippen LogP contribution in [0.15, 0.2) is 33.5 Å². The van der Waals surface area contributed by atoms with Crippen molar-refractivity contribution in [1.82, 2.24) is 19.9 Å². The number of hydrogen-bond donors (Lipinski definition) is 3. The Morgan fingerprint density at radius 3 is 2.69 bits per heavy atom. The van der Waals surface area contributed by atoms with E-state index in [4.69, 9.17) is 9.88 Å².